The Morgan fingerprint density at radius 3 is 2.44 bits per heavy atom. The molecule has 0 fully saturated rings. The number of carbonyl (C=O) groups excluding carboxylic acids is 3. The Bertz CT molecular complexity index is 1260. The number of halogens is 1. The number of aromatic hydroxyl groups is 1. The third kappa shape index (κ3) is 3.88. The summed E-state index contributed by atoms with van der Waals surface area (Å²) in [6.45, 7) is 6.88. The summed E-state index contributed by atoms with van der Waals surface area (Å²) in [5.74, 6) is -7.93. The molecule has 36 heavy (non-hydrogen) atoms. The molecule has 194 valence electrons. The van der Waals surface area contributed by atoms with Gasteiger partial charge in [0.15, 0.2) is 11.4 Å². The molecule has 3 atom stereocenters. The van der Waals surface area contributed by atoms with E-state index in [4.69, 9.17) is 5.73 Å². The molecule has 1 amide bonds. The van der Waals surface area contributed by atoms with Crippen molar-refractivity contribution in [1.29, 1.82) is 0 Å². The molecule has 10 heteroatoms. The Morgan fingerprint density at radius 2 is 1.86 bits per heavy atom. The van der Waals surface area contributed by atoms with Crippen LogP contribution < -0.4 is 5.73 Å². The van der Waals surface area contributed by atoms with Gasteiger partial charge < -0.3 is 31.1 Å². The van der Waals surface area contributed by atoms with E-state index in [1.807, 2.05) is 25.7 Å². The molecule has 4 rings (SSSR count). The molecular weight excluding hydrogens is 471 g/mol. The first-order valence-electron chi connectivity index (χ1n) is 11.8. The van der Waals surface area contributed by atoms with Gasteiger partial charge in [-0.3, -0.25) is 14.4 Å². The standard InChI is InChI=1S/C26H31FN2O7/c1-25(2,3)10-29(4)9-12-7-15(27)14-6-11-5-13-8-16(30)19(24(28)35)23(34)26(13,36)22(33)17(11)21(32)18(14)20(12)31/h7,11,13,30-31,33,36H,5-6,8-10H2,1-4H3,(H2,28,35)/t11?,13-,26-/m0/s1. The number of carbonyl (C=O) groups is 3. The summed E-state index contributed by atoms with van der Waals surface area (Å²) in [6.07, 6.45) is -0.437. The number of amides is 1. The molecule has 0 heterocycles. The maximum absolute atomic E-state index is 15.2. The van der Waals surface area contributed by atoms with Crippen LogP contribution in [0.3, 0.4) is 0 Å². The summed E-state index contributed by atoms with van der Waals surface area (Å²) in [4.78, 5) is 40.2. The molecule has 0 radical (unpaired) electrons. The van der Waals surface area contributed by atoms with Gasteiger partial charge in [0, 0.05) is 42.1 Å². The molecule has 1 unspecified atom stereocenters. The number of aliphatic hydroxyl groups excluding tert-OH is 2. The van der Waals surface area contributed by atoms with Gasteiger partial charge in [0.05, 0.1) is 5.56 Å². The van der Waals surface area contributed by atoms with Crippen LogP contribution in [-0.2, 0) is 22.6 Å². The molecule has 0 aliphatic heterocycles. The van der Waals surface area contributed by atoms with E-state index in [1.165, 1.54) is 6.07 Å². The third-order valence-corrected chi connectivity index (χ3v) is 7.27. The number of ketones is 2. The fourth-order valence-corrected chi connectivity index (χ4v) is 5.97. The molecule has 3 aliphatic rings. The van der Waals surface area contributed by atoms with Crippen LogP contribution in [0.4, 0.5) is 4.39 Å². The van der Waals surface area contributed by atoms with Gasteiger partial charge in [-0.25, -0.2) is 4.39 Å². The first-order chi connectivity index (χ1) is 16.6. The number of Topliss-reactive ketones (excluding diaryl/α,β-unsaturated/α-hetero) is 2. The average molecular weight is 503 g/mol. The number of benzene rings is 1. The molecule has 0 saturated heterocycles. The number of aliphatic hydroxyl groups is 3. The topological polar surface area (TPSA) is 161 Å². The molecule has 0 spiro atoms. The van der Waals surface area contributed by atoms with Crippen molar-refractivity contribution in [2.75, 3.05) is 13.6 Å². The summed E-state index contributed by atoms with van der Waals surface area (Å²) in [5, 5.41) is 43.5. The highest BCUT2D eigenvalue weighted by Crippen LogP contribution is 2.51. The minimum atomic E-state index is -2.64. The van der Waals surface area contributed by atoms with Crippen LogP contribution in [-0.4, -0.2) is 62.0 Å². The van der Waals surface area contributed by atoms with Crippen LogP contribution in [0.25, 0.3) is 0 Å². The zero-order chi connectivity index (χ0) is 26.9. The van der Waals surface area contributed by atoms with Crippen LogP contribution >= 0.6 is 0 Å². The van der Waals surface area contributed by atoms with Gasteiger partial charge in [0.2, 0.25) is 5.78 Å². The van der Waals surface area contributed by atoms with Gasteiger partial charge in [-0.1, -0.05) is 20.8 Å². The van der Waals surface area contributed by atoms with Gasteiger partial charge in [-0.05, 0) is 37.3 Å². The SMILES string of the molecule is CN(Cc1cc(F)c2c(c1O)C(=O)C1=C(O)[C@]3(O)C(=O)C(C(N)=O)=C(O)C[C@@H]3CC1C2)CC(C)(C)C. The smallest absolute Gasteiger partial charge is 0.255 e. The van der Waals surface area contributed by atoms with Gasteiger partial charge in [-0.15, -0.1) is 0 Å². The second-order valence-corrected chi connectivity index (χ2v) is 11.4. The monoisotopic (exact) mass is 502 g/mol. The third-order valence-electron chi connectivity index (χ3n) is 7.27. The van der Waals surface area contributed by atoms with Gasteiger partial charge >= 0.3 is 0 Å². The van der Waals surface area contributed by atoms with Crippen LogP contribution in [0.15, 0.2) is 28.7 Å². The van der Waals surface area contributed by atoms with Crippen molar-refractivity contribution >= 4 is 17.5 Å². The van der Waals surface area contributed by atoms with Crippen LogP contribution in [0.1, 0.15) is 55.1 Å². The Labute approximate surface area is 207 Å². The number of phenols is 1. The first-order valence-corrected chi connectivity index (χ1v) is 11.8. The number of rotatable bonds is 4. The van der Waals surface area contributed by atoms with Crippen molar-refractivity contribution in [1.82, 2.24) is 4.90 Å². The summed E-state index contributed by atoms with van der Waals surface area (Å²) in [5.41, 5.74) is 1.21. The zero-order valence-corrected chi connectivity index (χ0v) is 20.7. The number of allylic oxidation sites excluding steroid dienone is 2. The second-order valence-electron chi connectivity index (χ2n) is 11.4. The molecule has 1 aromatic rings. The molecule has 6 N–H and O–H groups in total. The number of phenolic OH excluding ortho intramolecular Hbond substituents is 1. The summed E-state index contributed by atoms with van der Waals surface area (Å²) >= 11 is 0. The van der Waals surface area contributed by atoms with Crippen molar-refractivity contribution in [3.05, 3.63) is 51.2 Å². The predicted molar refractivity (Wildman–Crippen MR) is 127 cm³/mol. The quantitative estimate of drug-likeness (QED) is 0.392. The molecule has 3 aliphatic carbocycles. The molecule has 9 nitrogen and oxygen atoms in total. The highest BCUT2D eigenvalue weighted by atomic mass is 19.1. The predicted octanol–water partition coefficient (Wildman–Crippen LogP) is 2.20. The van der Waals surface area contributed by atoms with Crippen molar-refractivity contribution in [2.45, 2.75) is 52.2 Å². The van der Waals surface area contributed by atoms with E-state index in [9.17, 15) is 34.8 Å². The van der Waals surface area contributed by atoms with E-state index >= 15 is 4.39 Å². The summed E-state index contributed by atoms with van der Waals surface area (Å²) in [6, 6.07) is 1.20. The van der Waals surface area contributed by atoms with E-state index in [1.54, 1.807) is 7.05 Å². The zero-order valence-electron chi connectivity index (χ0n) is 20.7. The average Bonchev–Trinajstić information content (AvgIpc) is 2.72. The molecular formula is C26H31FN2O7. The van der Waals surface area contributed by atoms with Gasteiger partial charge in [0.1, 0.15) is 28.7 Å². The minimum absolute atomic E-state index is 0.00793. The Balaban J connectivity index is 1.80. The lowest BCUT2D eigenvalue weighted by Crippen LogP contribution is -2.57. The molecule has 1 aromatic carbocycles. The number of hydrogen-bond acceptors (Lipinski definition) is 8. The Hall–Kier alpha value is -3.24. The van der Waals surface area contributed by atoms with Crippen molar-refractivity contribution < 1.29 is 39.2 Å². The lowest BCUT2D eigenvalue weighted by molar-refractivity contribution is -0.144. The maximum Gasteiger partial charge on any atom is 0.255 e. The number of nitrogens with two attached hydrogens (primary N) is 1. The van der Waals surface area contributed by atoms with E-state index in [2.05, 4.69) is 0 Å². The maximum atomic E-state index is 15.2. The van der Waals surface area contributed by atoms with Crippen LogP contribution in [0.5, 0.6) is 5.75 Å². The fraction of sp³-hybridized carbons (Fsp3) is 0.500. The molecule has 0 saturated carbocycles. The summed E-state index contributed by atoms with van der Waals surface area (Å²) in [7, 11) is 1.80. The Morgan fingerprint density at radius 1 is 1.22 bits per heavy atom. The molecule has 0 aromatic heterocycles. The molecule has 0 bridgehead atoms. The largest absolute Gasteiger partial charge is 0.511 e. The minimum Gasteiger partial charge on any atom is -0.511 e. The second kappa shape index (κ2) is 8.41. The lowest BCUT2D eigenvalue weighted by Gasteiger charge is -2.45. The van der Waals surface area contributed by atoms with E-state index in [0.29, 0.717) is 6.54 Å². The highest BCUT2D eigenvalue weighted by Gasteiger charge is 2.59. The van der Waals surface area contributed by atoms with Gasteiger partial charge in [-0.2, -0.15) is 0 Å². The van der Waals surface area contributed by atoms with E-state index in [0.717, 1.165) is 0 Å². The van der Waals surface area contributed by atoms with Crippen molar-refractivity contribution in [3.8, 4) is 5.75 Å². The highest BCUT2D eigenvalue weighted by molar-refractivity contribution is 6.24. The number of primary amides is 1. The lowest BCUT2D eigenvalue weighted by atomic mass is 9.60. The summed E-state index contributed by atoms with van der Waals surface area (Å²) < 4.78 is 15.2. The number of hydrogen-bond donors (Lipinski definition) is 5. The first kappa shape index (κ1) is 25.8. The number of nitrogens with zero attached hydrogens (tertiary/aromatic N) is 1. The van der Waals surface area contributed by atoms with Gasteiger partial charge in [0.25, 0.3) is 5.91 Å². The Kier molecular flexibility index (Phi) is 6.04. The van der Waals surface area contributed by atoms with Crippen LogP contribution in [0, 0.1) is 23.1 Å². The fourth-order valence-electron chi connectivity index (χ4n) is 5.97. The van der Waals surface area contributed by atoms with Crippen molar-refractivity contribution in [2.24, 2.45) is 23.0 Å². The van der Waals surface area contributed by atoms with Crippen molar-refractivity contribution in [3.63, 3.8) is 0 Å². The van der Waals surface area contributed by atoms with E-state index < -0.39 is 63.6 Å². The van der Waals surface area contributed by atoms with E-state index in [-0.39, 0.29) is 53.5 Å². The number of fused-ring (bicyclic) bond motifs is 3. The van der Waals surface area contributed by atoms with Crippen LogP contribution in [0.2, 0.25) is 0 Å². The normalized spacial score (nSPS) is 26.2.